The highest BCUT2D eigenvalue weighted by molar-refractivity contribution is 5.89. The van der Waals surface area contributed by atoms with Crippen molar-refractivity contribution >= 4 is 11.8 Å². The Morgan fingerprint density at radius 1 is 1.43 bits per heavy atom. The van der Waals surface area contributed by atoms with E-state index in [1.807, 2.05) is 17.8 Å². The Labute approximate surface area is 125 Å². The number of carbonyl (C=O) groups is 2. The highest BCUT2D eigenvalue weighted by Gasteiger charge is 2.30. The van der Waals surface area contributed by atoms with Gasteiger partial charge in [-0.15, -0.1) is 0 Å². The Balaban J connectivity index is 2.09. The number of aromatic nitrogens is 2. The lowest BCUT2D eigenvalue weighted by molar-refractivity contribution is -0.134. The molecule has 0 radical (unpaired) electrons. The largest absolute Gasteiger partial charge is 0.344 e. The first-order chi connectivity index (χ1) is 9.99. The fourth-order valence-electron chi connectivity index (χ4n) is 2.56. The summed E-state index contributed by atoms with van der Waals surface area (Å²) in [5.41, 5.74) is 1.00. The Bertz CT molecular complexity index is 510. The molecule has 2 heterocycles. The van der Waals surface area contributed by atoms with Crippen LogP contribution in [0.15, 0.2) is 12.4 Å². The Morgan fingerprint density at radius 2 is 2.19 bits per heavy atom. The Hall–Kier alpha value is -1.85. The fraction of sp³-hybridized carbons (Fsp3) is 0.667. The van der Waals surface area contributed by atoms with Crippen molar-refractivity contribution in [1.29, 1.82) is 0 Å². The molecule has 1 saturated heterocycles. The minimum Gasteiger partial charge on any atom is -0.344 e. The summed E-state index contributed by atoms with van der Waals surface area (Å²) in [7, 11) is 0. The molecule has 1 aliphatic heterocycles. The van der Waals surface area contributed by atoms with E-state index in [2.05, 4.69) is 24.3 Å². The van der Waals surface area contributed by atoms with E-state index in [1.54, 1.807) is 11.1 Å². The van der Waals surface area contributed by atoms with Gasteiger partial charge >= 0.3 is 0 Å². The van der Waals surface area contributed by atoms with Gasteiger partial charge in [-0.05, 0) is 19.3 Å². The van der Waals surface area contributed by atoms with Crippen molar-refractivity contribution in [3.8, 4) is 0 Å². The van der Waals surface area contributed by atoms with Crippen molar-refractivity contribution < 1.29 is 9.59 Å². The summed E-state index contributed by atoms with van der Waals surface area (Å²) >= 11 is 0. The van der Waals surface area contributed by atoms with E-state index in [0.29, 0.717) is 31.8 Å². The molecule has 116 valence electrons. The summed E-state index contributed by atoms with van der Waals surface area (Å²) in [6.45, 7) is 7.93. The van der Waals surface area contributed by atoms with E-state index in [0.717, 1.165) is 12.1 Å². The maximum absolute atomic E-state index is 12.6. The maximum atomic E-state index is 12.6. The number of hydrogen-bond acceptors (Lipinski definition) is 3. The van der Waals surface area contributed by atoms with Crippen LogP contribution in [-0.4, -0.2) is 39.1 Å². The third-order valence-corrected chi connectivity index (χ3v) is 3.65. The van der Waals surface area contributed by atoms with Crippen molar-refractivity contribution in [2.45, 2.75) is 52.7 Å². The van der Waals surface area contributed by atoms with E-state index < -0.39 is 6.04 Å². The van der Waals surface area contributed by atoms with Crippen LogP contribution in [0.3, 0.4) is 0 Å². The normalized spacial score (nSPS) is 19.8. The highest BCUT2D eigenvalue weighted by atomic mass is 16.2. The topological polar surface area (TPSA) is 67.2 Å². The monoisotopic (exact) mass is 292 g/mol. The second kappa shape index (κ2) is 6.74. The third kappa shape index (κ3) is 4.06. The van der Waals surface area contributed by atoms with Gasteiger partial charge in [0.25, 0.3) is 0 Å². The van der Waals surface area contributed by atoms with Gasteiger partial charge in [0.15, 0.2) is 0 Å². The minimum atomic E-state index is -0.402. The van der Waals surface area contributed by atoms with Gasteiger partial charge in [0.2, 0.25) is 11.8 Å². The zero-order valence-electron chi connectivity index (χ0n) is 13.0. The smallest absolute Gasteiger partial charge is 0.245 e. The first-order valence-corrected chi connectivity index (χ1v) is 7.59. The van der Waals surface area contributed by atoms with Crippen molar-refractivity contribution in [3.05, 3.63) is 18.0 Å². The average Bonchev–Trinajstić information content (AvgIpc) is 2.84. The maximum Gasteiger partial charge on any atom is 0.245 e. The van der Waals surface area contributed by atoms with Gasteiger partial charge in [-0.1, -0.05) is 13.8 Å². The van der Waals surface area contributed by atoms with Crippen LogP contribution in [-0.2, 0) is 22.7 Å². The Morgan fingerprint density at radius 3 is 2.81 bits per heavy atom. The second-order valence-corrected chi connectivity index (χ2v) is 5.96. The molecule has 2 rings (SSSR count). The van der Waals surface area contributed by atoms with Crippen molar-refractivity contribution in [2.75, 3.05) is 6.54 Å². The number of rotatable bonds is 5. The summed E-state index contributed by atoms with van der Waals surface area (Å²) in [5.74, 6) is 0.335. The lowest BCUT2D eigenvalue weighted by atomic mass is 10.0. The molecule has 0 spiro atoms. The molecule has 1 atom stereocenters. The van der Waals surface area contributed by atoms with Crippen molar-refractivity contribution in [3.63, 3.8) is 0 Å². The molecule has 0 aromatic carbocycles. The SMILES string of the molecule is CCn1cc(CN2CCC(=O)NC(CC(C)C)C2=O)cn1. The molecule has 1 N–H and O–H groups in total. The van der Waals surface area contributed by atoms with Crippen molar-refractivity contribution in [1.82, 2.24) is 20.0 Å². The van der Waals surface area contributed by atoms with E-state index in [4.69, 9.17) is 0 Å². The Kier molecular flexibility index (Phi) is 4.98. The van der Waals surface area contributed by atoms with E-state index in [1.165, 1.54) is 0 Å². The fourth-order valence-corrected chi connectivity index (χ4v) is 2.56. The van der Waals surface area contributed by atoms with Gasteiger partial charge in [-0.25, -0.2) is 0 Å². The number of hydrogen-bond donors (Lipinski definition) is 1. The summed E-state index contributed by atoms with van der Waals surface area (Å²) in [5, 5.41) is 7.07. The van der Waals surface area contributed by atoms with Gasteiger partial charge in [-0.3, -0.25) is 14.3 Å². The van der Waals surface area contributed by atoms with Gasteiger partial charge in [0.05, 0.1) is 6.20 Å². The molecule has 1 aliphatic rings. The van der Waals surface area contributed by atoms with Crippen LogP contribution < -0.4 is 5.32 Å². The predicted molar refractivity (Wildman–Crippen MR) is 79.3 cm³/mol. The van der Waals surface area contributed by atoms with E-state index in [-0.39, 0.29) is 11.8 Å². The zero-order valence-corrected chi connectivity index (χ0v) is 13.0. The molecule has 0 aliphatic carbocycles. The van der Waals surface area contributed by atoms with Gasteiger partial charge in [0, 0.05) is 37.8 Å². The first-order valence-electron chi connectivity index (χ1n) is 7.59. The lowest BCUT2D eigenvalue weighted by Gasteiger charge is -2.24. The van der Waals surface area contributed by atoms with Crippen molar-refractivity contribution in [2.24, 2.45) is 5.92 Å². The average molecular weight is 292 g/mol. The third-order valence-electron chi connectivity index (χ3n) is 3.65. The molecule has 0 bridgehead atoms. The van der Waals surface area contributed by atoms with Gasteiger partial charge < -0.3 is 10.2 Å². The summed E-state index contributed by atoms with van der Waals surface area (Å²) in [6.07, 6.45) is 4.77. The number of amides is 2. The molecule has 6 heteroatoms. The molecular weight excluding hydrogens is 268 g/mol. The molecule has 2 amide bonds. The molecule has 1 aromatic rings. The van der Waals surface area contributed by atoms with Crippen LogP contribution in [0.1, 0.15) is 39.2 Å². The summed E-state index contributed by atoms with van der Waals surface area (Å²) in [6, 6.07) is -0.402. The van der Waals surface area contributed by atoms with E-state index >= 15 is 0 Å². The van der Waals surface area contributed by atoms with Crippen LogP contribution in [0, 0.1) is 5.92 Å². The van der Waals surface area contributed by atoms with Crippen LogP contribution in [0.5, 0.6) is 0 Å². The molecule has 21 heavy (non-hydrogen) atoms. The molecule has 1 aromatic heterocycles. The predicted octanol–water partition coefficient (Wildman–Crippen LogP) is 1.17. The summed E-state index contributed by atoms with van der Waals surface area (Å²) < 4.78 is 1.84. The molecule has 1 fully saturated rings. The summed E-state index contributed by atoms with van der Waals surface area (Å²) in [4.78, 5) is 26.1. The number of aryl methyl sites for hydroxylation is 1. The first kappa shape index (κ1) is 15.5. The molecule has 0 saturated carbocycles. The van der Waals surface area contributed by atoms with Crippen LogP contribution in [0.4, 0.5) is 0 Å². The zero-order chi connectivity index (χ0) is 15.4. The minimum absolute atomic E-state index is 0.0128. The molecular formula is C15H24N4O2. The second-order valence-electron chi connectivity index (χ2n) is 5.96. The molecule has 1 unspecified atom stereocenters. The molecule has 6 nitrogen and oxygen atoms in total. The van der Waals surface area contributed by atoms with Gasteiger partial charge in [-0.2, -0.15) is 5.10 Å². The number of nitrogens with one attached hydrogen (secondary N) is 1. The quantitative estimate of drug-likeness (QED) is 0.885. The lowest BCUT2D eigenvalue weighted by Crippen LogP contribution is -2.45. The van der Waals surface area contributed by atoms with E-state index in [9.17, 15) is 9.59 Å². The van der Waals surface area contributed by atoms with Crippen LogP contribution in [0.25, 0.3) is 0 Å². The highest BCUT2D eigenvalue weighted by Crippen LogP contribution is 2.14. The number of carbonyl (C=O) groups excluding carboxylic acids is 2. The number of nitrogens with zero attached hydrogens (tertiary/aromatic N) is 3. The van der Waals surface area contributed by atoms with Crippen LogP contribution in [0.2, 0.25) is 0 Å². The van der Waals surface area contributed by atoms with Crippen LogP contribution >= 0.6 is 0 Å². The standard InChI is InChI=1S/C15H24N4O2/c1-4-19-10-12(8-16-19)9-18-6-5-14(20)17-13(15(18)21)7-11(2)3/h8,10-11,13H,4-7,9H2,1-3H3,(H,17,20). The van der Waals surface area contributed by atoms with Gasteiger partial charge in [0.1, 0.15) is 6.04 Å².